The van der Waals surface area contributed by atoms with Crippen molar-refractivity contribution in [2.75, 3.05) is 12.4 Å². The van der Waals surface area contributed by atoms with Crippen LogP contribution in [-0.4, -0.2) is 28.1 Å². The van der Waals surface area contributed by atoms with Crippen LogP contribution in [-0.2, 0) is 17.0 Å². The Kier molecular flexibility index (Phi) is 5.63. The molecule has 0 unspecified atom stereocenters. The predicted molar refractivity (Wildman–Crippen MR) is 93.4 cm³/mol. The lowest BCUT2D eigenvalue weighted by Crippen LogP contribution is -2.15. The summed E-state index contributed by atoms with van der Waals surface area (Å²) in [6.45, 7) is 0. The summed E-state index contributed by atoms with van der Waals surface area (Å²) >= 11 is 1.49. The third kappa shape index (κ3) is 4.80. The minimum absolute atomic E-state index is 0.0236. The molecule has 0 fully saturated rings. The summed E-state index contributed by atoms with van der Waals surface area (Å²) in [6, 6.07) is 12.9. The average molecular weight is 356 g/mol. The number of methoxy groups -OCH3 is 1. The topological polar surface area (TPSA) is 90.1 Å². The van der Waals surface area contributed by atoms with Crippen LogP contribution in [0.3, 0.4) is 0 Å². The van der Waals surface area contributed by atoms with Crippen LogP contribution in [0.15, 0.2) is 58.2 Å². The zero-order valence-electron chi connectivity index (χ0n) is 13.5. The number of nitrogens with zero attached hydrogens (tertiary/aromatic N) is 3. The van der Waals surface area contributed by atoms with E-state index in [0.29, 0.717) is 28.9 Å². The molecule has 0 radical (unpaired) electrons. The van der Waals surface area contributed by atoms with Crippen molar-refractivity contribution in [1.29, 1.82) is 0 Å². The Balaban J connectivity index is 1.55. The van der Waals surface area contributed by atoms with Crippen LogP contribution >= 0.6 is 11.8 Å². The minimum atomic E-state index is -0.241. The lowest BCUT2D eigenvalue weighted by atomic mass is 10.2. The van der Waals surface area contributed by atoms with Crippen molar-refractivity contribution in [2.45, 2.75) is 17.2 Å². The highest BCUT2D eigenvalue weighted by Crippen LogP contribution is 2.23. The number of hydrogen-bond acceptors (Lipinski definition) is 7. The Labute approximate surface area is 148 Å². The molecule has 25 heavy (non-hydrogen) atoms. The van der Waals surface area contributed by atoms with Gasteiger partial charge in [0.05, 0.1) is 30.0 Å². The zero-order valence-corrected chi connectivity index (χ0v) is 14.3. The number of ether oxygens (including phenoxy) is 1. The van der Waals surface area contributed by atoms with Crippen LogP contribution in [0, 0.1) is 0 Å². The third-order valence-electron chi connectivity index (χ3n) is 3.19. The fraction of sp³-hybridized carbons (Fsp3) is 0.176. The van der Waals surface area contributed by atoms with Crippen molar-refractivity contribution in [2.24, 2.45) is 0 Å². The standard InChI is InChI=1S/C17H16N4O3S/c1-23-13-7-3-2-6-12(13)19-15(22)10-14-20-16(24-21-14)11-25-17-8-4-5-9-18-17/h2-9H,10-11H2,1H3,(H,19,22). The predicted octanol–water partition coefficient (Wildman–Crippen LogP) is 2.95. The van der Waals surface area contributed by atoms with Crippen LogP contribution in [0.25, 0.3) is 0 Å². The molecule has 0 aliphatic heterocycles. The van der Waals surface area contributed by atoms with Gasteiger partial charge >= 0.3 is 0 Å². The van der Waals surface area contributed by atoms with Gasteiger partial charge in [0, 0.05) is 6.20 Å². The van der Waals surface area contributed by atoms with Gasteiger partial charge in [0.2, 0.25) is 11.8 Å². The van der Waals surface area contributed by atoms with E-state index in [-0.39, 0.29) is 12.3 Å². The van der Waals surface area contributed by atoms with Crippen LogP contribution in [0.5, 0.6) is 5.75 Å². The lowest BCUT2D eigenvalue weighted by Gasteiger charge is -2.08. The summed E-state index contributed by atoms with van der Waals surface area (Å²) in [7, 11) is 1.55. The zero-order chi connectivity index (χ0) is 17.5. The van der Waals surface area contributed by atoms with Crippen molar-refractivity contribution in [3.8, 4) is 5.75 Å². The molecule has 1 aromatic carbocycles. The van der Waals surface area contributed by atoms with E-state index in [9.17, 15) is 4.79 Å². The molecule has 2 aromatic heterocycles. The molecule has 1 N–H and O–H groups in total. The molecule has 128 valence electrons. The SMILES string of the molecule is COc1ccccc1NC(=O)Cc1noc(CSc2ccccn2)n1. The molecular formula is C17H16N4O3S. The molecule has 0 atom stereocenters. The first-order chi connectivity index (χ1) is 12.2. The highest BCUT2D eigenvalue weighted by Gasteiger charge is 2.13. The van der Waals surface area contributed by atoms with Gasteiger partial charge in [0.25, 0.3) is 0 Å². The van der Waals surface area contributed by atoms with E-state index in [4.69, 9.17) is 9.26 Å². The second-order valence-corrected chi connectivity index (χ2v) is 5.98. The third-order valence-corrected chi connectivity index (χ3v) is 4.12. The van der Waals surface area contributed by atoms with E-state index in [1.165, 1.54) is 11.8 Å². The molecule has 0 saturated heterocycles. The van der Waals surface area contributed by atoms with E-state index >= 15 is 0 Å². The Hall–Kier alpha value is -2.87. The fourth-order valence-corrected chi connectivity index (χ4v) is 2.77. The van der Waals surface area contributed by atoms with Crippen LogP contribution < -0.4 is 10.1 Å². The molecule has 7 nitrogen and oxygen atoms in total. The van der Waals surface area contributed by atoms with Gasteiger partial charge in [-0.15, -0.1) is 0 Å². The molecule has 0 saturated carbocycles. The first-order valence-corrected chi connectivity index (χ1v) is 8.51. The molecular weight excluding hydrogens is 340 g/mol. The molecule has 3 aromatic rings. The summed E-state index contributed by atoms with van der Waals surface area (Å²) in [4.78, 5) is 20.6. The van der Waals surface area contributed by atoms with Crippen molar-refractivity contribution in [1.82, 2.24) is 15.1 Å². The number of anilines is 1. The van der Waals surface area contributed by atoms with Crippen LogP contribution in [0.4, 0.5) is 5.69 Å². The van der Waals surface area contributed by atoms with E-state index < -0.39 is 0 Å². The van der Waals surface area contributed by atoms with Gasteiger partial charge in [-0.1, -0.05) is 35.1 Å². The molecule has 0 aliphatic rings. The first kappa shape index (κ1) is 17.0. The number of thioether (sulfide) groups is 1. The summed E-state index contributed by atoms with van der Waals surface area (Å²) in [5.41, 5.74) is 0.601. The molecule has 0 spiro atoms. The number of pyridine rings is 1. The van der Waals surface area contributed by atoms with Gasteiger partial charge < -0.3 is 14.6 Å². The lowest BCUT2D eigenvalue weighted by molar-refractivity contribution is -0.115. The van der Waals surface area contributed by atoms with Gasteiger partial charge in [-0.2, -0.15) is 4.98 Å². The molecule has 8 heteroatoms. The van der Waals surface area contributed by atoms with Crippen molar-refractivity contribution in [3.05, 3.63) is 60.4 Å². The molecule has 2 heterocycles. The van der Waals surface area contributed by atoms with Crippen molar-refractivity contribution < 1.29 is 14.1 Å². The number of amides is 1. The number of nitrogens with one attached hydrogen (secondary N) is 1. The second kappa shape index (κ2) is 8.29. The maximum atomic E-state index is 12.1. The van der Waals surface area contributed by atoms with Crippen molar-refractivity contribution >= 4 is 23.4 Å². The van der Waals surface area contributed by atoms with Gasteiger partial charge in [0.1, 0.15) is 5.75 Å². The molecule has 0 bridgehead atoms. The van der Waals surface area contributed by atoms with E-state index in [2.05, 4.69) is 20.4 Å². The number of aromatic nitrogens is 3. The molecule has 0 aliphatic carbocycles. The van der Waals surface area contributed by atoms with E-state index in [1.54, 1.807) is 25.4 Å². The van der Waals surface area contributed by atoms with E-state index in [0.717, 1.165) is 5.03 Å². The largest absolute Gasteiger partial charge is 0.495 e. The summed E-state index contributed by atoms with van der Waals surface area (Å²) in [5.74, 6) is 1.64. The Bertz CT molecular complexity index is 839. The molecule has 1 amide bonds. The van der Waals surface area contributed by atoms with Gasteiger partial charge in [-0.25, -0.2) is 4.98 Å². The van der Waals surface area contributed by atoms with Crippen LogP contribution in [0.1, 0.15) is 11.7 Å². The summed E-state index contributed by atoms with van der Waals surface area (Å²) in [5, 5.41) is 7.49. The maximum Gasteiger partial charge on any atom is 0.237 e. The van der Waals surface area contributed by atoms with Crippen LogP contribution in [0.2, 0.25) is 0 Å². The smallest absolute Gasteiger partial charge is 0.237 e. The number of para-hydroxylation sites is 2. The number of carbonyl (C=O) groups excluding carboxylic acids is 1. The molecule has 3 rings (SSSR count). The fourth-order valence-electron chi connectivity index (χ4n) is 2.07. The number of carbonyl (C=O) groups is 1. The van der Waals surface area contributed by atoms with E-state index in [1.807, 2.05) is 30.3 Å². The van der Waals surface area contributed by atoms with Gasteiger partial charge in [-0.3, -0.25) is 4.79 Å². The quantitative estimate of drug-likeness (QED) is 0.651. The first-order valence-electron chi connectivity index (χ1n) is 7.53. The van der Waals surface area contributed by atoms with Crippen molar-refractivity contribution in [3.63, 3.8) is 0 Å². The minimum Gasteiger partial charge on any atom is -0.495 e. The average Bonchev–Trinajstić information content (AvgIpc) is 3.08. The highest BCUT2D eigenvalue weighted by atomic mass is 32.2. The number of hydrogen-bond donors (Lipinski definition) is 1. The maximum absolute atomic E-state index is 12.1. The van der Waals surface area contributed by atoms with Gasteiger partial charge in [-0.05, 0) is 24.3 Å². The monoisotopic (exact) mass is 356 g/mol. The normalized spacial score (nSPS) is 10.4. The van der Waals surface area contributed by atoms with Gasteiger partial charge in [0.15, 0.2) is 5.82 Å². The summed E-state index contributed by atoms with van der Waals surface area (Å²) < 4.78 is 10.4. The number of rotatable bonds is 7. The Morgan fingerprint density at radius 2 is 2.08 bits per heavy atom. The summed E-state index contributed by atoms with van der Waals surface area (Å²) in [6.07, 6.45) is 1.75. The number of benzene rings is 1. The second-order valence-electron chi connectivity index (χ2n) is 4.99. The Morgan fingerprint density at radius 1 is 1.24 bits per heavy atom. The Morgan fingerprint density at radius 3 is 2.88 bits per heavy atom. The highest BCUT2D eigenvalue weighted by molar-refractivity contribution is 7.98.